The Balaban J connectivity index is 1.96. The molecule has 0 radical (unpaired) electrons. The Morgan fingerprint density at radius 1 is 1.36 bits per heavy atom. The molecule has 5 heteroatoms. The van der Waals surface area contributed by atoms with E-state index in [4.69, 9.17) is 9.68 Å². The van der Waals surface area contributed by atoms with Crippen LogP contribution in [0.4, 0.5) is 0 Å². The van der Waals surface area contributed by atoms with Gasteiger partial charge >= 0.3 is 0 Å². The molecule has 1 aliphatic heterocycles. The maximum atomic E-state index is 5.07. The Kier molecular flexibility index (Phi) is 2.64. The van der Waals surface area contributed by atoms with E-state index < -0.39 is 0 Å². The van der Waals surface area contributed by atoms with Crippen LogP contribution in [0.5, 0.6) is 5.75 Å². The molecule has 1 aliphatic rings. The first-order chi connectivity index (χ1) is 6.79. The zero-order valence-electron chi connectivity index (χ0n) is 8.23. The van der Waals surface area contributed by atoms with Gasteiger partial charge in [0.05, 0.1) is 13.7 Å². The Labute approximate surface area is 82.7 Å². The maximum Gasteiger partial charge on any atom is 0.118 e. The van der Waals surface area contributed by atoms with Gasteiger partial charge in [0.25, 0.3) is 0 Å². The SMILES string of the molecule is COc1ccc(CN2NON2C)cc1. The van der Waals surface area contributed by atoms with Gasteiger partial charge in [-0.15, -0.1) is 5.12 Å². The second-order valence-corrected chi connectivity index (χ2v) is 3.05. The molecule has 1 fully saturated rings. The van der Waals surface area contributed by atoms with Gasteiger partial charge in [-0.3, -0.25) is 0 Å². The average Bonchev–Trinajstić information content (AvgIpc) is 2.24. The molecule has 2 rings (SSSR count). The first-order valence-corrected chi connectivity index (χ1v) is 4.36. The van der Waals surface area contributed by atoms with Crippen LogP contribution in [0.15, 0.2) is 24.3 Å². The largest absolute Gasteiger partial charge is 0.497 e. The van der Waals surface area contributed by atoms with Gasteiger partial charge in [0, 0.05) is 7.05 Å². The highest BCUT2D eigenvalue weighted by Crippen LogP contribution is 2.14. The van der Waals surface area contributed by atoms with Crippen LogP contribution in [0, 0.1) is 0 Å². The van der Waals surface area contributed by atoms with E-state index in [0.717, 1.165) is 12.3 Å². The first kappa shape index (κ1) is 9.42. The van der Waals surface area contributed by atoms with Crippen LogP contribution in [0.25, 0.3) is 0 Å². The molecule has 1 aromatic carbocycles. The summed E-state index contributed by atoms with van der Waals surface area (Å²) in [6.45, 7) is 0.764. The second kappa shape index (κ2) is 3.93. The lowest BCUT2D eigenvalue weighted by Gasteiger charge is -2.38. The molecule has 1 aromatic rings. The lowest BCUT2D eigenvalue weighted by molar-refractivity contribution is -0.486. The van der Waals surface area contributed by atoms with Gasteiger partial charge in [0.15, 0.2) is 0 Å². The highest BCUT2D eigenvalue weighted by molar-refractivity contribution is 5.26. The molecular weight excluding hydrogens is 182 g/mol. The Bertz CT molecular complexity index is 301. The lowest BCUT2D eigenvalue weighted by atomic mass is 10.2. The first-order valence-electron chi connectivity index (χ1n) is 4.36. The third kappa shape index (κ3) is 1.85. The predicted molar refractivity (Wildman–Crippen MR) is 50.5 cm³/mol. The number of nitrogens with one attached hydrogen (secondary N) is 1. The molecule has 0 aliphatic carbocycles. The van der Waals surface area contributed by atoms with Gasteiger partial charge in [-0.1, -0.05) is 22.9 Å². The number of hydrazine groups is 2. The van der Waals surface area contributed by atoms with Gasteiger partial charge in [0.1, 0.15) is 5.75 Å². The summed E-state index contributed by atoms with van der Waals surface area (Å²) in [6.07, 6.45) is 0. The zero-order chi connectivity index (χ0) is 9.97. The highest BCUT2D eigenvalue weighted by atomic mass is 17.0. The molecule has 0 aromatic heterocycles. The summed E-state index contributed by atoms with van der Waals surface area (Å²) in [6, 6.07) is 7.92. The molecule has 0 atom stereocenters. The molecule has 0 amide bonds. The van der Waals surface area contributed by atoms with Crippen molar-refractivity contribution in [2.24, 2.45) is 0 Å². The van der Waals surface area contributed by atoms with Gasteiger partial charge in [-0.2, -0.15) is 4.94 Å². The van der Waals surface area contributed by atoms with E-state index in [1.54, 1.807) is 12.3 Å². The summed E-state index contributed by atoms with van der Waals surface area (Å²) in [5.41, 5.74) is 3.89. The fraction of sp³-hybridized carbons (Fsp3) is 0.333. The average molecular weight is 195 g/mol. The van der Waals surface area contributed by atoms with Crippen molar-refractivity contribution in [1.82, 2.24) is 15.9 Å². The van der Waals surface area contributed by atoms with Gasteiger partial charge < -0.3 is 4.74 Å². The predicted octanol–water partition coefficient (Wildman–Crippen LogP) is 0.709. The van der Waals surface area contributed by atoms with Gasteiger partial charge in [-0.25, -0.2) is 0 Å². The maximum absolute atomic E-state index is 5.07. The minimum atomic E-state index is 0.764. The van der Waals surface area contributed by atoms with Gasteiger partial charge in [0.2, 0.25) is 0 Å². The van der Waals surface area contributed by atoms with Crippen LogP contribution in [0.1, 0.15) is 5.56 Å². The highest BCUT2D eigenvalue weighted by Gasteiger charge is 2.21. The van der Waals surface area contributed by atoms with Crippen molar-refractivity contribution >= 4 is 0 Å². The number of hydrogen-bond donors (Lipinski definition) is 1. The van der Waals surface area contributed by atoms with E-state index in [1.165, 1.54) is 5.56 Å². The fourth-order valence-corrected chi connectivity index (χ4v) is 1.22. The molecular formula is C9H13N3O2. The topological polar surface area (TPSA) is 37.0 Å². The van der Waals surface area contributed by atoms with Crippen LogP contribution in [-0.2, 0) is 11.5 Å². The van der Waals surface area contributed by atoms with Crippen LogP contribution < -0.4 is 10.3 Å². The minimum Gasteiger partial charge on any atom is -0.497 e. The third-order valence-corrected chi connectivity index (χ3v) is 2.11. The van der Waals surface area contributed by atoms with Crippen molar-refractivity contribution < 1.29 is 9.68 Å². The van der Waals surface area contributed by atoms with Crippen molar-refractivity contribution in [3.8, 4) is 5.75 Å². The summed E-state index contributed by atoms with van der Waals surface area (Å²) >= 11 is 0. The number of hydroxylamine groups is 1. The van der Waals surface area contributed by atoms with Crippen molar-refractivity contribution in [2.45, 2.75) is 6.54 Å². The summed E-state index contributed by atoms with van der Waals surface area (Å²) in [5, 5.41) is 3.48. The number of benzene rings is 1. The second-order valence-electron chi connectivity index (χ2n) is 3.05. The Morgan fingerprint density at radius 3 is 2.50 bits per heavy atom. The third-order valence-electron chi connectivity index (χ3n) is 2.11. The molecule has 0 saturated carbocycles. The quantitative estimate of drug-likeness (QED) is 0.768. The standard InChI is InChI=1S/C9H13N3O2/c1-11-12(10-14-11)7-8-3-5-9(13-2)6-4-8/h3-6,10H,7H2,1-2H3. The number of hydrogen-bond acceptors (Lipinski definition) is 5. The Morgan fingerprint density at radius 2 is 2.07 bits per heavy atom. The van der Waals surface area contributed by atoms with Crippen LogP contribution >= 0.6 is 0 Å². The smallest absolute Gasteiger partial charge is 0.118 e. The van der Waals surface area contributed by atoms with E-state index >= 15 is 0 Å². The normalized spacial score (nSPS) is 17.9. The van der Waals surface area contributed by atoms with E-state index in [9.17, 15) is 0 Å². The molecule has 1 saturated heterocycles. The summed E-state index contributed by atoms with van der Waals surface area (Å²) < 4.78 is 5.07. The fourth-order valence-electron chi connectivity index (χ4n) is 1.22. The van der Waals surface area contributed by atoms with Crippen molar-refractivity contribution in [3.63, 3.8) is 0 Å². The summed E-state index contributed by atoms with van der Waals surface area (Å²) in [5.74, 6) is 0.870. The number of methoxy groups -OCH3 is 1. The molecule has 1 N–H and O–H groups in total. The number of rotatable bonds is 3. The number of ether oxygens (including phenoxy) is 1. The lowest BCUT2D eigenvalue weighted by Crippen LogP contribution is -2.61. The Hall–Kier alpha value is -1.14. The van der Waals surface area contributed by atoms with Gasteiger partial charge in [-0.05, 0) is 17.7 Å². The molecule has 1 heterocycles. The van der Waals surface area contributed by atoms with E-state index in [-0.39, 0.29) is 0 Å². The molecule has 0 unspecified atom stereocenters. The van der Waals surface area contributed by atoms with Crippen molar-refractivity contribution in [3.05, 3.63) is 29.8 Å². The van der Waals surface area contributed by atoms with E-state index in [1.807, 2.05) is 36.4 Å². The number of nitrogens with zero attached hydrogens (tertiary/aromatic N) is 2. The molecule has 0 bridgehead atoms. The molecule has 76 valence electrons. The van der Waals surface area contributed by atoms with E-state index in [0.29, 0.717) is 0 Å². The molecule has 5 nitrogen and oxygen atoms in total. The van der Waals surface area contributed by atoms with E-state index in [2.05, 4.69) is 5.59 Å². The summed E-state index contributed by atoms with van der Waals surface area (Å²) in [7, 11) is 3.49. The van der Waals surface area contributed by atoms with Crippen molar-refractivity contribution in [2.75, 3.05) is 14.2 Å². The van der Waals surface area contributed by atoms with Crippen LogP contribution in [0.3, 0.4) is 0 Å². The summed E-state index contributed by atoms with van der Waals surface area (Å²) in [4.78, 5) is 4.84. The van der Waals surface area contributed by atoms with Crippen molar-refractivity contribution in [1.29, 1.82) is 0 Å². The molecule has 0 spiro atoms. The van der Waals surface area contributed by atoms with Crippen LogP contribution in [0.2, 0.25) is 0 Å². The van der Waals surface area contributed by atoms with Crippen LogP contribution in [-0.4, -0.2) is 24.4 Å². The molecule has 14 heavy (non-hydrogen) atoms. The monoisotopic (exact) mass is 195 g/mol. The minimum absolute atomic E-state index is 0.764. The zero-order valence-corrected chi connectivity index (χ0v) is 8.23.